The third kappa shape index (κ3) is 4.79. The van der Waals surface area contributed by atoms with Gasteiger partial charge in [0, 0.05) is 27.0 Å². The van der Waals surface area contributed by atoms with E-state index < -0.39 is 15.2 Å². The normalized spacial score (nSPS) is 17.8. The molecule has 1 atom stereocenters. The predicted octanol–water partition coefficient (Wildman–Crippen LogP) is 9.91. The van der Waals surface area contributed by atoms with Crippen molar-refractivity contribution in [1.29, 1.82) is 0 Å². The van der Waals surface area contributed by atoms with Crippen LogP contribution in [-0.2, 0) is 9.98 Å². The quantitative estimate of drug-likeness (QED) is 0.135. The summed E-state index contributed by atoms with van der Waals surface area (Å²) >= 11 is 0. The molecule has 0 saturated heterocycles. The summed E-state index contributed by atoms with van der Waals surface area (Å²) in [7, 11) is -5.15. The van der Waals surface area contributed by atoms with Crippen molar-refractivity contribution in [2.45, 2.75) is 32.4 Å². The zero-order valence-corrected chi connectivity index (χ0v) is 31.4. The molecule has 2 heterocycles. The van der Waals surface area contributed by atoms with Crippen molar-refractivity contribution >= 4 is 58.6 Å². The molecule has 7 aromatic carbocycles. The van der Waals surface area contributed by atoms with Crippen molar-refractivity contribution in [1.82, 2.24) is 0 Å². The minimum atomic E-state index is -3.07. The van der Waals surface area contributed by atoms with Crippen LogP contribution in [0.4, 0.5) is 17.1 Å². The third-order valence-electron chi connectivity index (χ3n) is 11.3. The van der Waals surface area contributed by atoms with E-state index in [1.54, 1.807) is 0 Å². The van der Waals surface area contributed by atoms with Crippen LogP contribution in [0.1, 0.15) is 25.0 Å². The molecule has 7 aromatic rings. The van der Waals surface area contributed by atoms with E-state index in [9.17, 15) is 0 Å². The van der Waals surface area contributed by atoms with Crippen LogP contribution in [0.3, 0.4) is 0 Å². The number of anilines is 3. The SMILES string of the molecule is CC1(C)c2ccccc2N(c2ccccc2)c2ccc(-c3ccc(-c4ccc5c(c4)P(=O)(c4ccccc4)c4ccccc4[Si]5(C)C)cc3)cc21. The summed E-state index contributed by atoms with van der Waals surface area (Å²) in [5.74, 6) is 0. The molecule has 0 saturated carbocycles. The Morgan fingerprint density at radius 3 is 1.75 bits per heavy atom. The number of hydrogen-bond acceptors (Lipinski definition) is 2. The Balaban J connectivity index is 1.12. The molecule has 51 heavy (non-hydrogen) atoms. The number of rotatable bonds is 4. The number of fused-ring (bicyclic) bond motifs is 4. The summed E-state index contributed by atoms with van der Waals surface area (Å²) in [6.07, 6.45) is 0. The Morgan fingerprint density at radius 2 is 1.02 bits per heavy atom. The molecule has 4 heteroatoms. The lowest BCUT2D eigenvalue weighted by atomic mass is 9.73. The minimum Gasteiger partial charge on any atom is -0.310 e. The van der Waals surface area contributed by atoms with Gasteiger partial charge >= 0.3 is 0 Å². The van der Waals surface area contributed by atoms with Crippen molar-refractivity contribution in [2.24, 2.45) is 0 Å². The first-order chi connectivity index (χ1) is 24.7. The van der Waals surface area contributed by atoms with Crippen LogP contribution in [-0.4, -0.2) is 8.07 Å². The highest BCUT2D eigenvalue weighted by Crippen LogP contribution is 2.52. The second-order valence-electron chi connectivity index (χ2n) is 14.9. The Hall–Kier alpha value is -5.21. The van der Waals surface area contributed by atoms with Gasteiger partial charge < -0.3 is 9.46 Å². The summed E-state index contributed by atoms with van der Waals surface area (Å²) in [4.78, 5) is 2.40. The summed E-state index contributed by atoms with van der Waals surface area (Å²) in [5, 5.41) is 5.48. The van der Waals surface area contributed by atoms with E-state index >= 15 is 4.57 Å². The molecule has 0 radical (unpaired) electrons. The Labute approximate surface area is 302 Å². The molecule has 0 amide bonds. The van der Waals surface area contributed by atoms with Crippen molar-refractivity contribution in [3.8, 4) is 22.3 Å². The molecule has 248 valence electrons. The summed E-state index contributed by atoms with van der Waals surface area (Å²) < 4.78 is 15.6. The van der Waals surface area contributed by atoms with E-state index in [-0.39, 0.29) is 5.41 Å². The van der Waals surface area contributed by atoms with Gasteiger partial charge in [0.15, 0.2) is 7.14 Å². The largest absolute Gasteiger partial charge is 0.310 e. The molecule has 0 fully saturated rings. The second kappa shape index (κ2) is 11.7. The maximum atomic E-state index is 15.6. The highest BCUT2D eigenvalue weighted by atomic mass is 31.2. The van der Waals surface area contributed by atoms with E-state index in [0.29, 0.717) is 0 Å². The molecule has 0 bridgehead atoms. The summed E-state index contributed by atoms with van der Waals surface area (Å²) in [6, 6.07) is 60.6. The van der Waals surface area contributed by atoms with Crippen molar-refractivity contribution < 1.29 is 4.57 Å². The van der Waals surface area contributed by atoms with Crippen LogP contribution in [0.5, 0.6) is 0 Å². The van der Waals surface area contributed by atoms with Crippen molar-refractivity contribution in [3.63, 3.8) is 0 Å². The average Bonchev–Trinajstić information content (AvgIpc) is 3.18. The zero-order chi connectivity index (χ0) is 35.0. The molecule has 0 N–H and O–H groups in total. The zero-order valence-electron chi connectivity index (χ0n) is 29.5. The molecule has 9 rings (SSSR count). The highest BCUT2D eigenvalue weighted by Gasteiger charge is 2.46. The van der Waals surface area contributed by atoms with Gasteiger partial charge in [-0.15, -0.1) is 0 Å². The maximum absolute atomic E-state index is 15.6. The number of para-hydroxylation sites is 2. The minimum absolute atomic E-state index is 0.168. The van der Waals surface area contributed by atoms with Gasteiger partial charge in [0.05, 0.1) is 11.4 Å². The van der Waals surface area contributed by atoms with Crippen molar-refractivity contribution in [3.05, 3.63) is 181 Å². The Kier molecular flexibility index (Phi) is 7.26. The fraction of sp³-hybridized carbons (Fsp3) is 0.106. The van der Waals surface area contributed by atoms with Gasteiger partial charge in [-0.2, -0.15) is 0 Å². The first kappa shape index (κ1) is 31.7. The molecular weight excluding hydrogens is 654 g/mol. The lowest BCUT2D eigenvalue weighted by molar-refractivity contribution is 0.592. The van der Waals surface area contributed by atoms with Gasteiger partial charge in [0.1, 0.15) is 8.07 Å². The smallest absolute Gasteiger partial charge is 0.170 e. The standard InChI is InChI=1S/C47H40NOPSi/c1-47(2)39-19-11-12-20-41(39)48(37-15-7-5-8-16-37)42-29-27-35(31-40(42)47)33-23-25-34(26-24-33)36-28-30-46-44(32-36)50(49,38-17-9-6-10-18-38)43-21-13-14-22-45(43)51(46,3)4/h5-32H,1-4H3. The highest BCUT2D eigenvalue weighted by molar-refractivity contribution is 7.86. The van der Waals surface area contributed by atoms with Crippen LogP contribution >= 0.6 is 7.14 Å². The van der Waals surface area contributed by atoms with E-state index in [0.717, 1.165) is 32.7 Å². The molecule has 2 nitrogen and oxygen atoms in total. The van der Waals surface area contributed by atoms with Crippen LogP contribution in [0.2, 0.25) is 13.1 Å². The van der Waals surface area contributed by atoms with Gasteiger partial charge in [-0.25, -0.2) is 0 Å². The fourth-order valence-corrected chi connectivity index (χ4v) is 16.8. The van der Waals surface area contributed by atoms with Crippen molar-refractivity contribution in [2.75, 3.05) is 4.90 Å². The van der Waals surface area contributed by atoms with Gasteiger partial charge in [-0.1, -0.05) is 160 Å². The average molecular weight is 694 g/mol. The fourth-order valence-electron chi connectivity index (χ4n) is 8.56. The van der Waals surface area contributed by atoms with E-state index in [1.807, 2.05) is 36.4 Å². The van der Waals surface area contributed by atoms with Gasteiger partial charge in [0.25, 0.3) is 0 Å². The molecular formula is C47H40NOPSi. The Morgan fingerprint density at radius 1 is 0.490 bits per heavy atom. The molecule has 2 aliphatic rings. The lowest BCUT2D eigenvalue weighted by Gasteiger charge is -2.42. The monoisotopic (exact) mass is 693 g/mol. The van der Waals surface area contributed by atoms with Gasteiger partial charge in [-0.05, 0) is 80.2 Å². The predicted molar refractivity (Wildman–Crippen MR) is 220 cm³/mol. The van der Waals surface area contributed by atoms with E-state index in [4.69, 9.17) is 0 Å². The first-order valence-corrected chi connectivity index (χ1v) is 22.5. The number of benzene rings is 7. The number of hydrogen-bond donors (Lipinski definition) is 0. The molecule has 0 aromatic heterocycles. The molecule has 0 spiro atoms. The molecule has 0 aliphatic carbocycles. The van der Waals surface area contributed by atoms with Gasteiger partial charge in [-0.3, -0.25) is 0 Å². The Bertz CT molecular complexity index is 2500. The van der Waals surface area contributed by atoms with Crippen LogP contribution in [0, 0.1) is 0 Å². The van der Waals surface area contributed by atoms with Crippen LogP contribution < -0.4 is 31.2 Å². The molecule has 1 unspecified atom stereocenters. The summed E-state index contributed by atoms with van der Waals surface area (Å²) in [5.41, 5.74) is 10.7. The van der Waals surface area contributed by atoms with Crippen LogP contribution in [0.25, 0.3) is 22.3 Å². The number of nitrogens with zero attached hydrogens (tertiary/aromatic N) is 1. The lowest BCUT2D eigenvalue weighted by Crippen LogP contribution is -2.67. The first-order valence-electron chi connectivity index (χ1n) is 17.8. The molecule has 2 aliphatic heterocycles. The van der Waals surface area contributed by atoms with Crippen LogP contribution in [0.15, 0.2) is 170 Å². The second-order valence-corrected chi connectivity index (χ2v) is 22.0. The van der Waals surface area contributed by atoms with E-state index in [2.05, 4.69) is 165 Å². The van der Waals surface area contributed by atoms with Gasteiger partial charge in [0.2, 0.25) is 0 Å². The topological polar surface area (TPSA) is 20.3 Å². The third-order valence-corrected chi connectivity index (χ3v) is 18.5. The maximum Gasteiger partial charge on any atom is 0.170 e. The summed E-state index contributed by atoms with van der Waals surface area (Å²) in [6.45, 7) is 9.47. The van der Waals surface area contributed by atoms with E-state index in [1.165, 1.54) is 44.0 Å².